The van der Waals surface area contributed by atoms with Crippen LogP contribution in [0.3, 0.4) is 0 Å². The lowest BCUT2D eigenvalue weighted by molar-refractivity contribution is -0.145. The standard InChI is InChI=1S/C12H12ClNO3/c1-2-3-11(12(15)16)17-9-5-4-8(7-14)10(13)6-9/h4-6,11H,2-3H2,1H3,(H,15,16). The molecular weight excluding hydrogens is 242 g/mol. The van der Waals surface area contributed by atoms with E-state index in [1.54, 1.807) is 0 Å². The van der Waals surface area contributed by atoms with Crippen LogP contribution < -0.4 is 4.74 Å². The molecule has 1 N–H and O–H groups in total. The summed E-state index contributed by atoms with van der Waals surface area (Å²) in [5.41, 5.74) is 0.335. The van der Waals surface area contributed by atoms with Crippen LogP contribution in [0, 0.1) is 11.3 Å². The van der Waals surface area contributed by atoms with Gasteiger partial charge in [-0.1, -0.05) is 24.9 Å². The minimum absolute atomic E-state index is 0.255. The molecule has 1 aromatic carbocycles. The van der Waals surface area contributed by atoms with Crippen molar-refractivity contribution in [3.63, 3.8) is 0 Å². The van der Waals surface area contributed by atoms with Crippen LogP contribution >= 0.6 is 11.6 Å². The molecule has 0 spiro atoms. The molecule has 0 heterocycles. The molecule has 0 aliphatic carbocycles. The Labute approximate surface area is 104 Å². The van der Waals surface area contributed by atoms with E-state index in [1.807, 2.05) is 13.0 Å². The van der Waals surface area contributed by atoms with E-state index < -0.39 is 12.1 Å². The van der Waals surface area contributed by atoms with E-state index >= 15 is 0 Å². The van der Waals surface area contributed by atoms with Gasteiger partial charge in [-0.15, -0.1) is 0 Å². The quantitative estimate of drug-likeness (QED) is 0.876. The van der Waals surface area contributed by atoms with Gasteiger partial charge in [0.25, 0.3) is 0 Å². The van der Waals surface area contributed by atoms with Crippen molar-refractivity contribution in [1.29, 1.82) is 5.26 Å². The fourth-order valence-electron chi connectivity index (χ4n) is 1.32. The lowest BCUT2D eigenvalue weighted by Gasteiger charge is -2.14. The highest BCUT2D eigenvalue weighted by Gasteiger charge is 2.18. The summed E-state index contributed by atoms with van der Waals surface area (Å²) < 4.78 is 5.30. The Bertz CT molecular complexity index is 454. The number of rotatable bonds is 5. The van der Waals surface area contributed by atoms with Crippen LogP contribution in [0.1, 0.15) is 25.3 Å². The maximum Gasteiger partial charge on any atom is 0.344 e. The van der Waals surface area contributed by atoms with Gasteiger partial charge >= 0.3 is 5.97 Å². The molecule has 0 saturated heterocycles. The molecule has 0 aliphatic heterocycles. The number of hydrogen-bond donors (Lipinski definition) is 1. The van der Waals surface area contributed by atoms with Gasteiger partial charge in [0.2, 0.25) is 0 Å². The van der Waals surface area contributed by atoms with Crippen LogP contribution in [0.15, 0.2) is 18.2 Å². The molecular formula is C12H12ClNO3. The highest BCUT2D eigenvalue weighted by molar-refractivity contribution is 6.31. The van der Waals surface area contributed by atoms with E-state index in [-0.39, 0.29) is 5.02 Å². The van der Waals surface area contributed by atoms with Gasteiger partial charge in [0.15, 0.2) is 6.10 Å². The third-order valence-electron chi connectivity index (χ3n) is 2.17. The molecule has 1 atom stereocenters. The predicted molar refractivity (Wildman–Crippen MR) is 63.1 cm³/mol. The van der Waals surface area contributed by atoms with E-state index in [4.69, 9.17) is 26.7 Å². The highest BCUT2D eigenvalue weighted by atomic mass is 35.5. The van der Waals surface area contributed by atoms with Crippen molar-refractivity contribution >= 4 is 17.6 Å². The molecule has 17 heavy (non-hydrogen) atoms. The zero-order valence-electron chi connectivity index (χ0n) is 9.31. The van der Waals surface area contributed by atoms with E-state index in [0.29, 0.717) is 24.2 Å². The molecule has 1 unspecified atom stereocenters. The Balaban J connectivity index is 2.84. The molecule has 0 saturated carbocycles. The van der Waals surface area contributed by atoms with Gasteiger partial charge in [-0.3, -0.25) is 0 Å². The zero-order valence-corrected chi connectivity index (χ0v) is 10.1. The summed E-state index contributed by atoms with van der Waals surface area (Å²) in [4.78, 5) is 10.9. The first-order valence-electron chi connectivity index (χ1n) is 5.17. The van der Waals surface area contributed by atoms with E-state index in [9.17, 15) is 4.79 Å². The minimum Gasteiger partial charge on any atom is -0.479 e. The van der Waals surface area contributed by atoms with Gasteiger partial charge in [0.1, 0.15) is 11.8 Å². The fourth-order valence-corrected chi connectivity index (χ4v) is 1.53. The first kappa shape index (κ1) is 13.3. The average molecular weight is 254 g/mol. The molecule has 0 amide bonds. The third-order valence-corrected chi connectivity index (χ3v) is 2.48. The van der Waals surface area contributed by atoms with Crippen molar-refractivity contribution in [3.05, 3.63) is 28.8 Å². The Morgan fingerprint density at radius 2 is 2.35 bits per heavy atom. The number of carboxylic acids is 1. The van der Waals surface area contributed by atoms with Gasteiger partial charge in [0, 0.05) is 6.07 Å². The molecule has 0 aromatic heterocycles. The maximum atomic E-state index is 10.9. The summed E-state index contributed by atoms with van der Waals surface area (Å²) in [6.45, 7) is 1.88. The monoisotopic (exact) mass is 253 g/mol. The summed E-state index contributed by atoms with van der Waals surface area (Å²) in [5.74, 6) is -0.651. The Kier molecular flexibility index (Phi) is 4.80. The second-order valence-electron chi connectivity index (χ2n) is 3.49. The lowest BCUT2D eigenvalue weighted by Crippen LogP contribution is -2.26. The first-order valence-corrected chi connectivity index (χ1v) is 5.55. The summed E-state index contributed by atoms with van der Waals surface area (Å²) in [6, 6.07) is 6.41. The number of benzene rings is 1. The normalized spacial score (nSPS) is 11.6. The molecule has 1 rings (SSSR count). The SMILES string of the molecule is CCCC(Oc1ccc(C#N)c(Cl)c1)C(=O)O. The number of nitrogens with zero attached hydrogens (tertiary/aromatic N) is 1. The first-order chi connectivity index (χ1) is 8.08. The van der Waals surface area contributed by atoms with Crippen LogP contribution in [0.4, 0.5) is 0 Å². The van der Waals surface area contributed by atoms with Crippen molar-refractivity contribution in [3.8, 4) is 11.8 Å². The second kappa shape index (κ2) is 6.12. The summed E-state index contributed by atoms with van der Waals surface area (Å²) in [7, 11) is 0. The van der Waals surface area contributed by atoms with Crippen LogP contribution in [-0.4, -0.2) is 17.2 Å². The Morgan fingerprint density at radius 1 is 1.65 bits per heavy atom. The molecule has 1 aromatic rings. The van der Waals surface area contributed by atoms with Crippen LogP contribution in [0.2, 0.25) is 5.02 Å². The summed E-state index contributed by atoms with van der Waals surface area (Å²) in [5, 5.41) is 17.9. The highest BCUT2D eigenvalue weighted by Crippen LogP contribution is 2.23. The average Bonchev–Trinajstić information content (AvgIpc) is 2.28. The van der Waals surface area contributed by atoms with E-state index in [2.05, 4.69) is 0 Å². The number of halogens is 1. The van der Waals surface area contributed by atoms with Gasteiger partial charge < -0.3 is 9.84 Å². The second-order valence-corrected chi connectivity index (χ2v) is 3.89. The molecule has 0 fully saturated rings. The van der Waals surface area contributed by atoms with Crippen molar-refractivity contribution in [2.75, 3.05) is 0 Å². The molecule has 5 heteroatoms. The number of carbonyl (C=O) groups is 1. The number of aliphatic carboxylic acids is 1. The smallest absolute Gasteiger partial charge is 0.344 e. The lowest BCUT2D eigenvalue weighted by atomic mass is 10.2. The topological polar surface area (TPSA) is 70.3 Å². The zero-order chi connectivity index (χ0) is 12.8. The molecule has 0 aliphatic rings. The van der Waals surface area contributed by atoms with Gasteiger partial charge in [-0.05, 0) is 18.6 Å². The van der Waals surface area contributed by atoms with Crippen molar-refractivity contribution in [2.45, 2.75) is 25.9 Å². The fraction of sp³-hybridized carbons (Fsp3) is 0.333. The summed E-state index contributed by atoms with van der Waals surface area (Å²) in [6.07, 6.45) is 0.248. The predicted octanol–water partition coefficient (Wildman–Crippen LogP) is 2.84. The van der Waals surface area contributed by atoms with Crippen molar-refractivity contribution in [1.82, 2.24) is 0 Å². The molecule has 90 valence electrons. The van der Waals surface area contributed by atoms with Gasteiger partial charge in [-0.2, -0.15) is 5.26 Å². The van der Waals surface area contributed by atoms with E-state index in [1.165, 1.54) is 18.2 Å². The van der Waals surface area contributed by atoms with Gasteiger partial charge in [0.05, 0.1) is 10.6 Å². The van der Waals surface area contributed by atoms with Crippen LogP contribution in [0.25, 0.3) is 0 Å². The minimum atomic E-state index is -1.01. The number of hydrogen-bond acceptors (Lipinski definition) is 3. The third kappa shape index (κ3) is 3.65. The maximum absolute atomic E-state index is 10.9. The number of carboxylic acid groups (broad SMARTS) is 1. The number of nitriles is 1. The summed E-state index contributed by atoms with van der Waals surface area (Å²) >= 11 is 5.82. The van der Waals surface area contributed by atoms with Crippen LogP contribution in [-0.2, 0) is 4.79 Å². The Morgan fingerprint density at radius 3 is 2.82 bits per heavy atom. The Hall–Kier alpha value is -1.73. The van der Waals surface area contributed by atoms with E-state index in [0.717, 1.165) is 0 Å². The largest absolute Gasteiger partial charge is 0.479 e. The van der Waals surface area contributed by atoms with Crippen LogP contribution in [0.5, 0.6) is 5.75 Å². The molecule has 4 nitrogen and oxygen atoms in total. The molecule has 0 radical (unpaired) electrons. The molecule has 0 bridgehead atoms. The van der Waals surface area contributed by atoms with Crippen molar-refractivity contribution < 1.29 is 14.6 Å². The van der Waals surface area contributed by atoms with Crippen molar-refractivity contribution in [2.24, 2.45) is 0 Å². The number of ether oxygens (including phenoxy) is 1. The van der Waals surface area contributed by atoms with Gasteiger partial charge in [-0.25, -0.2) is 4.79 Å².